The lowest BCUT2D eigenvalue weighted by Crippen LogP contribution is -2.39. The van der Waals surface area contributed by atoms with Crippen molar-refractivity contribution in [2.45, 2.75) is 50.2 Å². The van der Waals surface area contributed by atoms with E-state index in [4.69, 9.17) is 9.26 Å². The van der Waals surface area contributed by atoms with E-state index in [0.29, 0.717) is 6.04 Å². The van der Waals surface area contributed by atoms with Gasteiger partial charge in [-0.3, -0.25) is 0 Å². The molecule has 1 aliphatic carbocycles. The van der Waals surface area contributed by atoms with E-state index >= 15 is 0 Å². The molecule has 0 radical (unpaired) electrons. The van der Waals surface area contributed by atoms with Crippen molar-refractivity contribution in [1.29, 1.82) is 0 Å². The third-order valence-corrected chi connectivity index (χ3v) is 5.48. The highest BCUT2D eigenvalue weighted by molar-refractivity contribution is 7.99. The molecule has 3 rings (SSSR count). The Balaban J connectivity index is 1.68. The monoisotopic (exact) mass is 297 g/mol. The molecule has 2 heterocycles. The first-order chi connectivity index (χ1) is 9.82. The van der Waals surface area contributed by atoms with Crippen LogP contribution in [0.25, 0.3) is 0 Å². The molecule has 1 aromatic rings. The van der Waals surface area contributed by atoms with Gasteiger partial charge in [0.05, 0.1) is 0 Å². The third-order valence-electron chi connectivity index (χ3n) is 4.35. The highest BCUT2D eigenvalue weighted by atomic mass is 32.2. The van der Waals surface area contributed by atoms with Gasteiger partial charge in [-0.1, -0.05) is 24.4 Å². The van der Waals surface area contributed by atoms with Crippen molar-refractivity contribution in [3.05, 3.63) is 11.7 Å². The highest BCUT2D eigenvalue weighted by Gasteiger charge is 2.38. The molecule has 6 heteroatoms. The second-order valence-electron chi connectivity index (χ2n) is 5.70. The highest BCUT2D eigenvalue weighted by Crippen LogP contribution is 2.38. The molecule has 1 aromatic heterocycles. The minimum atomic E-state index is -0.311. The molecule has 1 saturated heterocycles. The first-order valence-electron chi connectivity index (χ1n) is 7.52. The van der Waals surface area contributed by atoms with Gasteiger partial charge in [-0.05, 0) is 12.8 Å². The van der Waals surface area contributed by atoms with E-state index in [1.807, 2.05) is 11.8 Å². The summed E-state index contributed by atoms with van der Waals surface area (Å²) >= 11 is 1.98. The third kappa shape index (κ3) is 3.02. The summed E-state index contributed by atoms with van der Waals surface area (Å²) in [6, 6.07) is 0.451. The Morgan fingerprint density at radius 2 is 2.25 bits per heavy atom. The molecule has 0 aromatic carbocycles. The fourth-order valence-corrected chi connectivity index (χ4v) is 4.08. The van der Waals surface area contributed by atoms with Crippen LogP contribution in [-0.2, 0) is 16.8 Å². The van der Waals surface area contributed by atoms with E-state index in [0.717, 1.165) is 43.3 Å². The van der Waals surface area contributed by atoms with Crippen LogP contribution in [0, 0.1) is 0 Å². The van der Waals surface area contributed by atoms with Gasteiger partial charge in [-0.2, -0.15) is 16.7 Å². The van der Waals surface area contributed by atoms with Crippen molar-refractivity contribution in [3.8, 4) is 0 Å². The zero-order chi connectivity index (χ0) is 13.8. The summed E-state index contributed by atoms with van der Waals surface area (Å²) in [6.45, 7) is 1.07. The topological polar surface area (TPSA) is 60.2 Å². The second-order valence-corrected chi connectivity index (χ2v) is 6.85. The average Bonchev–Trinajstić information content (AvgIpc) is 2.98. The summed E-state index contributed by atoms with van der Waals surface area (Å²) in [5.41, 5.74) is -0.311. The van der Waals surface area contributed by atoms with E-state index in [2.05, 4.69) is 15.5 Å². The standard InChI is InChI=1S/C14H23N3O2S/c1-18-14(5-3-2-4-6-14)13-16-12(19-17-13)9-11-10-20-8-7-15-11/h11,15H,2-10H2,1H3. The van der Waals surface area contributed by atoms with Crippen molar-refractivity contribution < 1.29 is 9.26 Å². The molecule has 2 fully saturated rings. The fraction of sp³-hybridized carbons (Fsp3) is 0.857. The summed E-state index contributed by atoms with van der Waals surface area (Å²) in [4.78, 5) is 4.62. The molecule has 1 N–H and O–H groups in total. The molecule has 2 aliphatic rings. The average molecular weight is 297 g/mol. The molecule has 0 bridgehead atoms. The smallest absolute Gasteiger partial charge is 0.228 e. The van der Waals surface area contributed by atoms with Crippen molar-refractivity contribution in [1.82, 2.24) is 15.5 Å². The van der Waals surface area contributed by atoms with Crippen LogP contribution < -0.4 is 5.32 Å². The van der Waals surface area contributed by atoms with Crippen LogP contribution in [0.3, 0.4) is 0 Å². The molecule has 1 unspecified atom stereocenters. The Morgan fingerprint density at radius 1 is 1.40 bits per heavy atom. The zero-order valence-corrected chi connectivity index (χ0v) is 12.9. The van der Waals surface area contributed by atoms with E-state index in [1.54, 1.807) is 7.11 Å². The predicted octanol–water partition coefficient (Wildman–Crippen LogP) is 2.12. The number of thioether (sulfide) groups is 1. The number of nitrogens with one attached hydrogen (secondary N) is 1. The van der Waals surface area contributed by atoms with Crippen molar-refractivity contribution in [2.24, 2.45) is 0 Å². The van der Waals surface area contributed by atoms with Crippen LogP contribution in [0.5, 0.6) is 0 Å². The Hall–Kier alpha value is -0.590. The molecule has 20 heavy (non-hydrogen) atoms. The summed E-state index contributed by atoms with van der Waals surface area (Å²) in [6.07, 6.45) is 6.45. The normalized spacial score (nSPS) is 26.6. The van der Waals surface area contributed by atoms with E-state index < -0.39 is 0 Å². The fourth-order valence-electron chi connectivity index (χ4n) is 3.13. The van der Waals surface area contributed by atoms with E-state index in [-0.39, 0.29) is 5.60 Å². The van der Waals surface area contributed by atoms with Crippen molar-refractivity contribution in [2.75, 3.05) is 25.2 Å². The lowest BCUT2D eigenvalue weighted by atomic mass is 9.84. The van der Waals surface area contributed by atoms with Crippen LogP contribution in [0.15, 0.2) is 4.52 Å². The second kappa shape index (κ2) is 6.45. The molecule has 1 aliphatic heterocycles. The minimum absolute atomic E-state index is 0.311. The Morgan fingerprint density at radius 3 is 2.95 bits per heavy atom. The van der Waals surface area contributed by atoms with Gasteiger partial charge in [0, 0.05) is 37.6 Å². The Kier molecular flexibility index (Phi) is 4.63. The number of nitrogens with zero attached hydrogens (tertiary/aromatic N) is 2. The van der Waals surface area contributed by atoms with Crippen molar-refractivity contribution >= 4 is 11.8 Å². The van der Waals surface area contributed by atoms with Crippen LogP contribution in [0.4, 0.5) is 0 Å². The van der Waals surface area contributed by atoms with E-state index in [1.165, 1.54) is 25.0 Å². The molecular formula is C14H23N3O2S. The lowest BCUT2D eigenvalue weighted by molar-refractivity contribution is -0.0527. The van der Waals surface area contributed by atoms with Gasteiger partial charge in [0.2, 0.25) is 11.7 Å². The molecule has 0 spiro atoms. The predicted molar refractivity (Wildman–Crippen MR) is 78.9 cm³/mol. The first-order valence-corrected chi connectivity index (χ1v) is 8.67. The molecular weight excluding hydrogens is 274 g/mol. The van der Waals surface area contributed by atoms with Gasteiger partial charge >= 0.3 is 0 Å². The maximum Gasteiger partial charge on any atom is 0.228 e. The van der Waals surface area contributed by atoms with Gasteiger partial charge in [-0.25, -0.2) is 0 Å². The van der Waals surface area contributed by atoms with Gasteiger partial charge in [0.25, 0.3) is 0 Å². The number of rotatable bonds is 4. The molecule has 112 valence electrons. The summed E-state index contributed by atoms with van der Waals surface area (Å²) in [5, 5.41) is 7.70. The molecule has 0 amide bonds. The number of aromatic nitrogens is 2. The van der Waals surface area contributed by atoms with E-state index in [9.17, 15) is 0 Å². The van der Waals surface area contributed by atoms with Crippen molar-refractivity contribution in [3.63, 3.8) is 0 Å². The van der Waals surface area contributed by atoms with Crippen LogP contribution >= 0.6 is 11.8 Å². The summed E-state index contributed by atoms with van der Waals surface area (Å²) < 4.78 is 11.2. The molecule has 5 nitrogen and oxygen atoms in total. The largest absolute Gasteiger partial charge is 0.370 e. The Labute approximate surface area is 124 Å². The van der Waals surface area contributed by atoms with Gasteiger partial charge in [0.1, 0.15) is 5.60 Å². The van der Waals surface area contributed by atoms with Gasteiger partial charge < -0.3 is 14.6 Å². The Bertz CT molecular complexity index is 426. The first kappa shape index (κ1) is 14.4. The maximum atomic E-state index is 5.76. The van der Waals surface area contributed by atoms with Gasteiger partial charge in [-0.15, -0.1) is 0 Å². The molecule has 1 saturated carbocycles. The zero-order valence-electron chi connectivity index (χ0n) is 12.1. The lowest BCUT2D eigenvalue weighted by Gasteiger charge is -2.32. The summed E-state index contributed by atoms with van der Waals surface area (Å²) in [7, 11) is 1.76. The number of hydrogen-bond donors (Lipinski definition) is 1. The number of ether oxygens (including phenoxy) is 1. The van der Waals surface area contributed by atoms with Gasteiger partial charge in [0.15, 0.2) is 0 Å². The SMILES string of the molecule is COC1(c2noc(CC3CSCCN3)n2)CCCCC1. The maximum absolute atomic E-state index is 5.76. The quantitative estimate of drug-likeness (QED) is 0.918. The molecule has 1 atom stereocenters. The number of hydrogen-bond acceptors (Lipinski definition) is 6. The summed E-state index contributed by atoms with van der Waals surface area (Å²) in [5.74, 6) is 3.80. The minimum Gasteiger partial charge on any atom is -0.370 e. The number of methoxy groups -OCH3 is 1. The van der Waals surface area contributed by atoms with Crippen LogP contribution in [0.1, 0.15) is 43.8 Å². The van der Waals surface area contributed by atoms with Crippen LogP contribution in [-0.4, -0.2) is 41.3 Å². The van der Waals surface area contributed by atoms with Crippen LogP contribution in [0.2, 0.25) is 0 Å².